The summed E-state index contributed by atoms with van der Waals surface area (Å²) < 4.78 is 7.40. The molecule has 0 aliphatic carbocycles. The molecule has 2 rings (SSSR count). The van der Waals surface area contributed by atoms with Gasteiger partial charge in [-0.1, -0.05) is 39.0 Å². The lowest BCUT2D eigenvalue weighted by Gasteiger charge is -2.30. The second-order valence-electron chi connectivity index (χ2n) is 5.79. The number of ether oxygens (including phenoxy) is 1. The Morgan fingerprint density at radius 3 is 2.62 bits per heavy atom. The van der Waals surface area contributed by atoms with Crippen LogP contribution in [0.15, 0.2) is 29.6 Å². The summed E-state index contributed by atoms with van der Waals surface area (Å²) in [6.07, 6.45) is 1.29. The van der Waals surface area contributed by atoms with Crippen molar-refractivity contribution in [3.63, 3.8) is 0 Å². The molecule has 0 bridgehead atoms. The minimum Gasteiger partial charge on any atom is -0.377 e. The Morgan fingerprint density at radius 2 is 1.95 bits per heavy atom. The molecule has 0 spiro atoms. The van der Waals surface area contributed by atoms with Crippen molar-refractivity contribution in [1.82, 2.24) is 5.32 Å². The van der Waals surface area contributed by atoms with Crippen molar-refractivity contribution < 1.29 is 4.74 Å². The number of hydrogen-bond acceptors (Lipinski definition) is 3. The van der Waals surface area contributed by atoms with Crippen LogP contribution in [0.25, 0.3) is 10.1 Å². The summed E-state index contributed by atoms with van der Waals surface area (Å²) in [4.78, 5) is 0. The number of nitrogens with one attached hydrogen (secondary N) is 1. The van der Waals surface area contributed by atoms with Crippen LogP contribution in [-0.4, -0.2) is 25.3 Å². The monoisotopic (exact) mass is 305 g/mol. The third-order valence-electron chi connectivity index (χ3n) is 3.88. The Kier molecular flexibility index (Phi) is 6.22. The summed E-state index contributed by atoms with van der Waals surface area (Å²) in [6.45, 7) is 10.5. The molecule has 0 radical (unpaired) electrons. The fourth-order valence-electron chi connectivity index (χ4n) is 2.96. The summed E-state index contributed by atoms with van der Waals surface area (Å²) in [5, 5.41) is 7.33. The fraction of sp³-hybridized carbons (Fsp3) is 0.556. The lowest BCUT2D eigenvalue weighted by Crippen LogP contribution is -2.45. The van der Waals surface area contributed by atoms with E-state index in [0.717, 1.165) is 19.6 Å². The molecule has 2 aromatic rings. The number of likely N-dealkylation sites (N-methyl/N-ethyl adjacent to an activating group) is 1. The van der Waals surface area contributed by atoms with Crippen molar-refractivity contribution >= 4 is 21.4 Å². The highest BCUT2D eigenvalue weighted by molar-refractivity contribution is 7.17. The molecule has 0 aliphatic heterocycles. The van der Waals surface area contributed by atoms with Gasteiger partial charge in [-0.3, -0.25) is 0 Å². The maximum atomic E-state index is 6.02. The number of fused-ring (bicyclic) bond motifs is 1. The van der Waals surface area contributed by atoms with Crippen LogP contribution in [0.5, 0.6) is 0 Å². The Morgan fingerprint density at radius 1 is 1.19 bits per heavy atom. The maximum absolute atomic E-state index is 6.02. The zero-order valence-corrected chi connectivity index (χ0v) is 14.4. The molecule has 1 aromatic carbocycles. The van der Waals surface area contributed by atoms with Gasteiger partial charge in [0.1, 0.15) is 0 Å². The van der Waals surface area contributed by atoms with Gasteiger partial charge in [-0.05, 0) is 48.2 Å². The largest absolute Gasteiger partial charge is 0.377 e. The molecule has 0 saturated heterocycles. The standard InChI is InChI=1S/C18H27NOS/c1-5-19-16(18(13(3)4)20-6-2)11-14-12-21-17-10-8-7-9-15(14)17/h7-10,12-13,16,18-19H,5-6,11H2,1-4H3. The number of hydrogen-bond donors (Lipinski definition) is 1. The molecule has 0 aliphatic rings. The van der Waals surface area contributed by atoms with E-state index in [-0.39, 0.29) is 6.10 Å². The van der Waals surface area contributed by atoms with E-state index in [1.807, 2.05) is 11.3 Å². The molecule has 3 heteroatoms. The SMILES string of the molecule is CCNC(Cc1csc2ccccc12)C(OCC)C(C)C. The first-order valence-corrected chi connectivity index (χ1v) is 8.85. The first-order valence-electron chi connectivity index (χ1n) is 7.97. The third kappa shape index (κ3) is 4.06. The predicted octanol–water partition coefficient (Wildman–Crippen LogP) is 4.48. The molecule has 2 unspecified atom stereocenters. The van der Waals surface area contributed by atoms with Gasteiger partial charge in [0.15, 0.2) is 0 Å². The maximum Gasteiger partial charge on any atom is 0.0753 e. The van der Waals surface area contributed by atoms with Crippen LogP contribution in [0.3, 0.4) is 0 Å². The molecule has 1 heterocycles. The number of rotatable bonds is 8. The van der Waals surface area contributed by atoms with E-state index in [2.05, 4.69) is 62.7 Å². The highest BCUT2D eigenvalue weighted by Crippen LogP contribution is 2.28. The molecule has 116 valence electrons. The average molecular weight is 305 g/mol. The van der Waals surface area contributed by atoms with Gasteiger partial charge in [0, 0.05) is 17.3 Å². The first kappa shape index (κ1) is 16.5. The second-order valence-corrected chi connectivity index (χ2v) is 6.70. The molecule has 2 atom stereocenters. The summed E-state index contributed by atoms with van der Waals surface area (Å²) in [7, 11) is 0. The van der Waals surface area contributed by atoms with E-state index in [1.54, 1.807) is 0 Å². The summed E-state index contributed by atoms with van der Waals surface area (Å²) in [5.74, 6) is 0.513. The van der Waals surface area contributed by atoms with Crippen LogP contribution in [-0.2, 0) is 11.2 Å². The number of thiophene rings is 1. The van der Waals surface area contributed by atoms with Crippen LogP contribution < -0.4 is 5.32 Å². The zero-order valence-electron chi connectivity index (χ0n) is 13.6. The van der Waals surface area contributed by atoms with Crippen molar-refractivity contribution in [3.8, 4) is 0 Å². The van der Waals surface area contributed by atoms with E-state index < -0.39 is 0 Å². The molecule has 1 N–H and O–H groups in total. The van der Waals surface area contributed by atoms with Gasteiger partial charge in [0.05, 0.1) is 6.10 Å². The van der Waals surface area contributed by atoms with Gasteiger partial charge in [0.25, 0.3) is 0 Å². The molecular formula is C18H27NOS. The normalized spacial score (nSPS) is 14.7. The summed E-state index contributed by atoms with van der Waals surface area (Å²) in [5.41, 5.74) is 1.44. The van der Waals surface area contributed by atoms with Gasteiger partial charge in [0.2, 0.25) is 0 Å². The molecular weight excluding hydrogens is 278 g/mol. The molecule has 0 amide bonds. The number of benzene rings is 1. The Labute approximate surface area is 132 Å². The van der Waals surface area contributed by atoms with Crippen molar-refractivity contribution in [2.75, 3.05) is 13.2 Å². The van der Waals surface area contributed by atoms with Crippen LogP contribution in [0.1, 0.15) is 33.3 Å². The van der Waals surface area contributed by atoms with Crippen LogP contribution >= 0.6 is 11.3 Å². The van der Waals surface area contributed by atoms with Gasteiger partial charge >= 0.3 is 0 Å². The quantitative estimate of drug-likeness (QED) is 0.776. The van der Waals surface area contributed by atoms with E-state index >= 15 is 0 Å². The third-order valence-corrected chi connectivity index (χ3v) is 4.89. The van der Waals surface area contributed by atoms with E-state index in [1.165, 1.54) is 15.6 Å². The Balaban J connectivity index is 2.22. The summed E-state index contributed by atoms with van der Waals surface area (Å²) >= 11 is 1.84. The Hall–Kier alpha value is -0.900. The smallest absolute Gasteiger partial charge is 0.0753 e. The predicted molar refractivity (Wildman–Crippen MR) is 93.2 cm³/mol. The van der Waals surface area contributed by atoms with Gasteiger partial charge in [-0.25, -0.2) is 0 Å². The molecule has 1 aromatic heterocycles. The van der Waals surface area contributed by atoms with Crippen LogP contribution in [0, 0.1) is 5.92 Å². The lowest BCUT2D eigenvalue weighted by atomic mass is 9.93. The van der Waals surface area contributed by atoms with E-state index in [0.29, 0.717) is 12.0 Å². The van der Waals surface area contributed by atoms with Crippen molar-refractivity contribution in [3.05, 3.63) is 35.2 Å². The Bertz CT molecular complexity index is 549. The zero-order chi connectivity index (χ0) is 15.2. The lowest BCUT2D eigenvalue weighted by molar-refractivity contribution is 0.00404. The molecule has 0 fully saturated rings. The van der Waals surface area contributed by atoms with Crippen LogP contribution in [0.4, 0.5) is 0 Å². The highest BCUT2D eigenvalue weighted by atomic mass is 32.1. The topological polar surface area (TPSA) is 21.3 Å². The van der Waals surface area contributed by atoms with Crippen molar-refractivity contribution in [2.24, 2.45) is 5.92 Å². The molecule has 2 nitrogen and oxygen atoms in total. The summed E-state index contributed by atoms with van der Waals surface area (Å²) in [6, 6.07) is 9.04. The average Bonchev–Trinajstić information content (AvgIpc) is 2.87. The van der Waals surface area contributed by atoms with Gasteiger partial charge in [-0.2, -0.15) is 0 Å². The van der Waals surface area contributed by atoms with Crippen molar-refractivity contribution in [1.29, 1.82) is 0 Å². The minimum atomic E-state index is 0.258. The molecule has 0 saturated carbocycles. The van der Waals surface area contributed by atoms with Gasteiger partial charge < -0.3 is 10.1 Å². The fourth-order valence-corrected chi connectivity index (χ4v) is 3.94. The van der Waals surface area contributed by atoms with E-state index in [9.17, 15) is 0 Å². The first-order chi connectivity index (χ1) is 10.2. The molecule has 21 heavy (non-hydrogen) atoms. The van der Waals surface area contributed by atoms with Crippen LogP contribution in [0.2, 0.25) is 0 Å². The van der Waals surface area contributed by atoms with E-state index in [4.69, 9.17) is 4.74 Å². The highest BCUT2D eigenvalue weighted by Gasteiger charge is 2.25. The van der Waals surface area contributed by atoms with Crippen molar-refractivity contribution in [2.45, 2.75) is 46.3 Å². The minimum absolute atomic E-state index is 0.258. The van der Waals surface area contributed by atoms with Gasteiger partial charge in [-0.15, -0.1) is 11.3 Å². The second kappa shape index (κ2) is 7.92.